The van der Waals surface area contributed by atoms with Crippen molar-refractivity contribution in [2.45, 2.75) is 53.5 Å². The monoisotopic (exact) mass is 367 g/mol. The van der Waals surface area contributed by atoms with Gasteiger partial charge in [-0.05, 0) is 55.7 Å². The summed E-state index contributed by atoms with van der Waals surface area (Å²) in [7, 11) is 0. The van der Waals surface area contributed by atoms with Gasteiger partial charge in [-0.2, -0.15) is 0 Å². The number of aliphatic carboxylic acids is 1. The van der Waals surface area contributed by atoms with E-state index < -0.39 is 5.97 Å². The summed E-state index contributed by atoms with van der Waals surface area (Å²) in [6.45, 7) is 10.6. The smallest absolute Gasteiger partial charge is 0.328 e. The molecule has 27 heavy (non-hydrogen) atoms. The van der Waals surface area contributed by atoms with Crippen LogP contribution in [0.25, 0.3) is 0 Å². The van der Waals surface area contributed by atoms with Crippen LogP contribution < -0.4 is 0 Å². The Balaban J connectivity index is 2.21. The van der Waals surface area contributed by atoms with Crippen LogP contribution in [-0.4, -0.2) is 25.8 Å². The first-order valence-electron chi connectivity index (χ1n) is 9.20. The zero-order valence-corrected chi connectivity index (χ0v) is 16.8. The number of hydrogen-bond acceptors (Lipinski definition) is 3. The standard InChI is InChI=1S/C22H29N3O2/c1-16(7-6-8-17(2)13-21(26)27)9-10-19-18(3)20(11-12-22(19,4)5)25-14-23-24-15-25/h6-10,13-15,20H,11-12H2,1-5H3,(H,26,27)/b8-6+,10-9+,16-7-,17-13-. The van der Waals surface area contributed by atoms with Gasteiger partial charge < -0.3 is 9.67 Å². The van der Waals surface area contributed by atoms with E-state index in [9.17, 15) is 4.79 Å². The second-order valence-electron chi connectivity index (χ2n) is 7.77. The quantitative estimate of drug-likeness (QED) is 0.564. The van der Waals surface area contributed by atoms with Crippen molar-refractivity contribution in [3.8, 4) is 0 Å². The Bertz CT molecular complexity index is 822. The highest BCUT2D eigenvalue weighted by atomic mass is 16.4. The lowest BCUT2D eigenvalue weighted by molar-refractivity contribution is -0.131. The number of carboxylic acid groups (broad SMARTS) is 1. The van der Waals surface area contributed by atoms with Crippen LogP contribution in [0.2, 0.25) is 0 Å². The van der Waals surface area contributed by atoms with E-state index in [0.29, 0.717) is 11.6 Å². The molecule has 0 saturated carbocycles. The summed E-state index contributed by atoms with van der Waals surface area (Å²) in [5.74, 6) is -0.928. The van der Waals surface area contributed by atoms with Crippen LogP contribution in [-0.2, 0) is 4.79 Å². The molecule has 0 aromatic carbocycles. The molecule has 0 spiro atoms. The molecule has 1 unspecified atom stereocenters. The van der Waals surface area contributed by atoms with Gasteiger partial charge >= 0.3 is 5.97 Å². The molecule has 0 fully saturated rings. The van der Waals surface area contributed by atoms with Crippen molar-refractivity contribution >= 4 is 5.97 Å². The number of carbonyl (C=O) groups is 1. The maximum atomic E-state index is 10.6. The van der Waals surface area contributed by atoms with Gasteiger partial charge in [-0.25, -0.2) is 4.79 Å². The summed E-state index contributed by atoms with van der Waals surface area (Å²) in [6, 6.07) is 0.306. The summed E-state index contributed by atoms with van der Waals surface area (Å²) in [4.78, 5) is 10.6. The third kappa shape index (κ3) is 5.64. The van der Waals surface area contributed by atoms with E-state index in [1.165, 1.54) is 17.2 Å². The molecule has 1 heterocycles. The van der Waals surface area contributed by atoms with Crippen LogP contribution >= 0.6 is 0 Å². The van der Waals surface area contributed by atoms with Crippen molar-refractivity contribution in [3.63, 3.8) is 0 Å². The normalized spacial score (nSPS) is 21.4. The van der Waals surface area contributed by atoms with E-state index in [4.69, 9.17) is 5.11 Å². The molecule has 1 aromatic rings. The Kier molecular flexibility index (Phi) is 6.72. The summed E-state index contributed by atoms with van der Waals surface area (Å²) < 4.78 is 2.08. The average Bonchev–Trinajstić information content (AvgIpc) is 3.07. The van der Waals surface area contributed by atoms with Gasteiger partial charge in [-0.1, -0.05) is 49.8 Å². The van der Waals surface area contributed by atoms with Gasteiger partial charge in [0.1, 0.15) is 12.7 Å². The summed E-state index contributed by atoms with van der Waals surface area (Å²) in [5.41, 5.74) is 4.65. The summed E-state index contributed by atoms with van der Waals surface area (Å²) in [6.07, 6.45) is 17.0. The molecule has 5 heteroatoms. The van der Waals surface area contributed by atoms with Gasteiger partial charge in [0.05, 0.1) is 6.04 Å². The molecule has 0 aliphatic heterocycles. The van der Waals surface area contributed by atoms with Crippen molar-refractivity contribution in [3.05, 3.63) is 71.4 Å². The molecular formula is C22H29N3O2. The minimum atomic E-state index is -0.928. The van der Waals surface area contributed by atoms with Crippen LogP contribution in [0, 0.1) is 5.41 Å². The number of hydrogen-bond donors (Lipinski definition) is 1. The highest BCUT2D eigenvalue weighted by Crippen LogP contribution is 2.45. The minimum Gasteiger partial charge on any atom is -0.478 e. The number of carboxylic acids is 1. The number of nitrogens with zero attached hydrogens (tertiary/aromatic N) is 3. The Morgan fingerprint density at radius 2 is 1.89 bits per heavy atom. The van der Waals surface area contributed by atoms with Crippen molar-refractivity contribution in [1.29, 1.82) is 0 Å². The van der Waals surface area contributed by atoms with Crippen LogP contribution in [0.5, 0.6) is 0 Å². The fourth-order valence-electron chi connectivity index (χ4n) is 3.53. The van der Waals surface area contributed by atoms with Gasteiger partial charge in [-0.15, -0.1) is 10.2 Å². The molecule has 1 aromatic heterocycles. The second kappa shape index (κ2) is 8.80. The molecule has 144 valence electrons. The van der Waals surface area contributed by atoms with Gasteiger partial charge in [0, 0.05) is 6.08 Å². The average molecular weight is 367 g/mol. The number of rotatable bonds is 6. The first-order valence-corrected chi connectivity index (χ1v) is 9.20. The van der Waals surface area contributed by atoms with Crippen molar-refractivity contribution in [1.82, 2.24) is 14.8 Å². The first-order chi connectivity index (χ1) is 12.7. The van der Waals surface area contributed by atoms with Crippen LogP contribution in [0.4, 0.5) is 0 Å². The molecule has 1 aliphatic carbocycles. The van der Waals surface area contributed by atoms with E-state index in [0.717, 1.165) is 18.4 Å². The van der Waals surface area contributed by atoms with Crippen molar-refractivity contribution in [2.75, 3.05) is 0 Å². The maximum Gasteiger partial charge on any atom is 0.328 e. The molecular weight excluding hydrogens is 338 g/mol. The van der Waals surface area contributed by atoms with Gasteiger partial charge in [0.2, 0.25) is 0 Å². The topological polar surface area (TPSA) is 68.0 Å². The van der Waals surface area contributed by atoms with Crippen molar-refractivity contribution in [2.24, 2.45) is 5.41 Å². The summed E-state index contributed by atoms with van der Waals surface area (Å²) >= 11 is 0. The molecule has 0 amide bonds. The third-order valence-corrected chi connectivity index (χ3v) is 5.08. The SMILES string of the molecule is CC1=C(/C=C/C(C)=C\C=C\C(C)=C/C(=O)O)C(C)(C)CCC1n1cnnc1. The summed E-state index contributed by atoms with van der Waals surface area (Å²) in [5, 5.41) is 16.6. The molecule has 1 N–H and O–H groups in total. The van der Waals surface area contributed by atoms with Crippen molar-refractivity contribution < 1.29 is 9.90 Å². The fraction of sp³-hybridized carbons (Fsp3) is 0.409. The van der Waals surface area contributed by atoms with Gasteiger partial charge in [0.15, 0.2) is 0 Å². The number of aromatic nitrogens is 3. The Hall–Kier alpha value is -2.69. The molecule has 0 radical (unpaired) electrons. The van der Waals surface area contributed by atoms with E-state index in [1.54, 1.807) is 25.7 Å². The van der Waals surface area contributed by atoms with E-state index in [1.807, 2.05) is 19.1 Å². The lowest BCUT2D eigenvalue weighted by Gasteiger charge is -2.37. The third-order valence-electron chi connectivity index (χ3n) is 5.08. The Morgan fingerprint density at radius 3 is 2.52 bits per heavy atom. The lowest BCUT2D eigenvalue weighted by Crippen LogP contribution is -2.25. The minimum absolute atomic E-state index is 0.127. The van der Waals surface area contributed by atoms with Crippen LogP contribution in [0.15, 0.2) is 71.4 Å². The predicted octanol–water partition coefficient (Wildman–Crippen LogP) is 5.05. The van der Waals surface area contributed by atoms with Gasteiger partial charge in [-0.3, -0.25) is 0 Å². The number of allylic oxidation sites excluding steroid dienone is 9. The van der Waals surface area contributed by atoms with Gasteiger partial charge in [0.25, 0.3) is 0 Å². The molecule has 1 aliphatic rings. The lowest BCUT2D eigenvalue weighted by atomic mass is 9.71. The Labute approximate surface area is 161 Å². The predicted molar refractivity (Wildman–Crippen MR) is 108 cm³/mol. The van der Waals surface area contributed by atoms with E-state index in [-0.39, 0.29) is 5.41 Å². The zero-order valence-electron chi connectivity index (χ0n) is 16.8. The Morgan fingerprint density at radius 1 is 1.22 bits per heavy atom. The molecule has 0 saturated heterocycles. The van der Waals surface area contributed by atoms with Crippen LogP contribution in [0.1, 0.15) is 53.5 Å². The molecule has 0 bridgehead atoms. The first kappa shape index (κ1) is 20.6. The molecule has 5 nitrogen and oxygen atoms in total. The fourth-order valence-corrected chi connectivity index (χ4v) is 3.53. The van der Waals surface area contributed by atoms with Crippen LogP contribution in [0.3, 0.4) is 0 Å². The van der Waals surface area contributed by atoms with E-state index in [2.05, 4.69) is 47.7 Å². The highest BCUT2D eigenvalue weighted by molar-refractivity contribution is 5.81. The second-order valence-corrected chi connectivity index (χ2v) is 7.77. The molecule has 2 rings (SSSR count). The van der Waals surface area contributed by atoms with E-state index >= 15 is 0 Å². The highest BCUT2D eigenvalue weighted by Gasteiger charge is 2.32. The molecule has 1 atom stereocenters. The maximum absolute atomic E-state index is 10.6. The zero-order chi connectivity index (χ0) is 20.0. The largest absolute Gasteiger partial charge is 0.478 e.